The average Bonchev–Trinajstić information content (AvgIpc) is 2.03. The fourth-order valence-corrected chi connectivity index (χ4v) is 0.811. The van der Waals surface area contributed by atoms with Gasteiger partial charge in [0.25, 0.3) is 0 Å². The summed E-state index contributed by atoms with van der Waals surface area (Å²) in [5.41, 5.74) is 0.396. The van der Waals surface area contributed by atoms with Crippen LogP contribution in [-0.4, -0.2) is 22.3 Å². The largest absolute Gasteiger partial charge is 0.368 e. The number of nitrogens with zero attached hydrogens (tertiary/aromatic N) is 2. The Morgan fingerprint density at radius 2 is 2.25 bits per heavy atom. The first-order valence-corrected chi connectivity index (χ1v) is 3.76. The van der Waals surface area contributed by atoms with Gasteiger partial charge in [-0.05, 0) is 13.8 Å². The summed E-state index contributed by atoms with van der Waals surface area (Å²) in [7, 11) is 0. The van der Waals surface area contributed by atoms with Crippen molar-refractivity contribution in [2.45, 2.75) is 19.9 Å². The average molecular weight is 165 g/mol. The molecule has 4 nitrogen and oxygen atoms in total. The molecule has 12 heavy (non-hydrogen) atoms. The number of nitrogens with one attached hydrogen (secondary N) is 1. The SMILES string of the molecule is CC(C)Nc1cc(C=O)ncn1. The Morgan fingerprint density at radius 3 is 2.83 bits per heavy atom. The molecule has 0 radical (unpaired) electrons. The summed E-state index contributed by atoms with van der Waals surface area (Å²) >= 11 is 0. The summed E-state index contributed by atoms with van der Waals surface area (Å²) in [6.07, 6.45) is 2.07. The van der Waals surface area contributed by atoms with Gasteiger partial charge in [-0.15, -0.1) is 0 Å². The van der Waals surface area contributed by atoms with Crippen molar-refractivity contribution in [2.24, 2.45) is 0 Å². The highest BCUT2D eigenvalue weighted by Gasteiger charge is 1.97. The number of hydrogen-bond donors (Lipinski definition) is 1. The minimum Gasteiger partial charge on any atom is -0.368 e. The Balaban J connectivity index is 2.79. The molecule has 0 aliphatic heterocycles. The number of carbonyl (C=O) groups excluding carboxylic acids is 1. The number of aromatic nitrogens is 2. The van der Waals surface area contributed by atoms with Crippen LogP contribution < -0.4 is 5.32 Å². The van der Waals surface area contributed by atoms with E-state index in [9.17, 15) is 4.79 Å². The van der Waals surface area contributed by atoms with Crippen molar-refractivity contribution in [1.29, 1.82) is 0 Å². The molecule has 1 heterocycles. The van der Waals surface area contributed by atoms with Gasteiger partial charge >= 0.3 is 0 Å². The van der Waals surface area contributed by atoms with E-state index in [1.165, 1.54) is 6.33 Å². The Hall–Kier alpha value is -1.45. The summed E-state index contributed by atoms with van der Waals surface area (Å²) in [6.45, 7) is 4.01. The Labute approximate surface area is 71.0 Å². The van der Waals surface area contributed by atoms with Gasteiger partial charge in [0, 0.05) is 12.1 Å². The minimum absolute atomic E-state index is 0.305. The van der Waals surface area contributed by atoms with E-state index in [0.717, 1.165) is 0 Å². The van der Waals surface area contributed by atoms with Crippen LogP contribution in [0.4, 0.5) is 5.82 Å². The summed E-state index contributed by atoms with van der Waals surface area (Å²) in [5, 5.41) is 3.07. The van der Waals surface area contributed by atoms with E-state index in [1.54, 1.807) is 6.07 Å². The lowest BCUT2D eigenvalue weighted by Gasteiger charge is -2.07. The molecule has 0 bridgehead atoms. The molecule has 0 saturated heterocycles. The Morgan fingerprint density at radius 1 is 1.50 bits per heavy atom. The topological polar surface area (TPSA) is 54.9 Å². The van der Waals surface area contributed by atoms with Gasteiger partial charge < -0.3 is 5.32 Å². The molecule has 0 unspecified atom stereocenters. The molecule has 1 N–H and O–H groups in total. The summed E-state index contributed by atoms with van der Waals surface area (Å²) in [6, 6.07) is 1.92. The van der Waals surface area contributed by atoms with E-state index in [4.69, 9.17) is 0 Å². The Kier molecular flexibility index (Phi) is 2.74. The molecule has 0 aromatic carbocycles. The molecular formula is C8H11N3O. The van der Waals surface area contributed by atoms with Crippen molar-refractivity contribution < 1.29 is 4.79 Å². The molecule has 0 aliphatic carbocycles. The zero-order chi connectivity index (χ0) is 8.97. The van der Waals surface area contributed by atoms with E-state index in [2.05, 4.69) is 15.3 Å². The molecule has 1 aromatic heterocycles. The number of rotatable bonds is 3. The van der Waals surface area contributed by atoms with Crippen LogP contribution in [0, 0.1) is 0 Å². The maximum Gasteiger partial charge on any atom is 0.168 e. The van der Waals surface area contributed by atoms with Crippen molar-refractivity contribution in [2.75, 3.05) is 5.32 Å². The van der Waals surface area contributed by atoms with Gasteiger partial charge in [0.05, 0.1) is 0 Å². The number of anilines is 1. The second kappa shape index (κ2) is 3.80. The van der Waals surface area contributed by atoms with E-state index < -0.39 is 0 Å². The van der Waals surface area contributed by atoms with Gasteiger partial charge in [0.15, 0.2) is 6.29 Å². The monoisotopic (exact) mass is 165 g/mol. The van der Waals surface area contributed by atoms with Gasteiger partial charge in [-0.25, -0.2) is 9.97 Å². The fourth-order valence-electron chi connectivity index (χ4n) is 0.811. The molecule has 4 heteroatoms. The van der Waals surface area contributed by atoms with Crippen molar-refractivity contribution in [1.82, 2.24) is 9.97 Å². The van der Waals surface area contributed by atoms with Gasteiger partial charge in [0.1, 0.15) is 17.8 Å². The zero-order valence-electron chi connectivity index (χ0n) is 7.11. The maximum atomic E-state index is 10.3. The second-order valence-corrected chi connectivity index (χ2v) is 2.75. The van der Waals surface area contributed by atoms with Crippen LogP contribution in [-0.2, 0) is 0 Å². The second-order valence-electron chi connectivity index (χ2n) is 2.75. The fraction of sp³-hybridized carbons (Fsp3) is 0.375. The molecule has 64 valence electrons. The van der Waals surface area contributed by atoms with Crippen LogP contribution in [0.25, 0.3) is 0 Å². The van der Waals surface area contributed by atoms with Crippen LogP contribution in [0.3, 0.4) is 0 Å². The third kappa shape index (κ3) is 2.30. The lowest BCUT2D eigenvalue weighted by atomic mass is 10.3. The van der Waals surface area contributed by atoms with Gasteiger partial charge in [0.2, 0.25) is 0 Å². The van der Waals surface area contributed by atoms with Crippen molar-refractivity contribution in [3.8, 4) is 0 Å². The molecule has 0 fully saturated rings. The van der Waals surface area contributed by atoms with Crippen LogP contribution in [0.15, 0.2) is 12.4 Å². The third-order valence-corrected chi connectivity index (χ3v) is 1.25. The first-order chi connectivity index (χ1) is 5.72. The van der Waals surface area contributed by atoms with Crippen molar-refractivity contribution in [3.05, 3.63) is 18.1 Å². The maximum absolute atomic E-state index is 10.3. The number of carbonyl (C=O) groups is 1. The first-order valence-electron chi connectivity index (χ1n) is 3.76. The number of aldehydes is 1. The van der Waals surface area contributed by atoms with E-state index in [0.29, 0.717) is 23.8 Å². The van der Waals surface area contributed by atoms with Crippen LogP contribution in [0.2, 0.25) is 0 Å². The van der Waals surface area contributed by atoms with Crippen LogP contribution in [0.1, 0.15) is 24.3 Å². The molecule has 0 saturated carbocycles. The molecule has 1 aromatic rings. The molecule has 1 rings (SSSR count). The first kappa shape index (κ1) is 8.64. The highest BCUT2D eigenvalue weighted by Crippen LogP contribution is 2.03. The lowest BCUT2D eigenvalue weighted by molar-refractivity contribution is 0.111. The normalized spacial score (nSPS) is 9.92. The molecule has 0 amide bonds. The van der Waals surface area contributed by atoms with E-state index in [1.807, 2.05) is 13.8 Å². The molecule has 0 atom stereocenters. The molecule has 0 spiro atoms. The summed E-state index contributed by atoms with van der Waals surface area (Å²) < 4.78 is 0. The third-order valence-electron chi connectivity index (χ3n) is 1.25. The van der Waals surface area contributed by atoms with E-state index in [-0.39, 0.29) is 0 Å². The molecule has 0 aliphatic rings. The van der Waals surface area contributed by atoms with Crippen molar-refractivity contribution in [3.63, 3.8) is 0 Å². The lowest BCUT2D eigenvalue weighted by Crippen LogP contribution is -2.11. The minimum atomic E-state index is 0.305. The molecular weight excluding hydrogens is 154 g/mol. The number of hydrogen-bond acceptors (Lipinski definition) is 4. The quantitative estimate of drug-likeness (QED) is 0.681. The predicted octanol–water partition coefficient (Wildman–Crippen LogP) is 1.11. The zero-order valence-corrected chi connectivity index (χ0v) is 7.11. The standard InChI is InChI=1S/C8H11N3O/c1-6(2)11-8-3-7(4-12)9-5-10-8/h3-6H,1-2H3,(H,9,10,11). The van der Waals surface area contributed by atoms with Gasteiger partial charge in [-0.1, -0.05) is 0 Å². The smallest absolute Gasteiger partial charge is 0.168 e. The van der Waals surface area contributed by atoms with Crippen LogP contribution >= 0.6 is 0 Å². The van der Waals surface area contributed by atoms with E-state index >= 15 is 0 Å². The highest BCUT2D eigenvalue weighted by molar-refractivity contribution is 5.72. The van der Waals surface area contributed by atoms with Gasteiger partial charge in [-0.2, -0.15) is 0 Å². The van der Waals surface area contributed by atoms with Gasteiger partial charge in [-0.3, -0.25) is 4.79 Å². The Bertz CT molecular complexity index is 273. The summed E-state index contributed by atoms with van der Waals surface area (Å²) in [5.74, 6) is 0.683. The van der Waals surface area contributed by atoms with Crippen molar-refractivity contribution >= 4 is 12.1 Å². The highest BCUT2D eigenvalue weighted by atomic mass is 16.1. The summed E-state index contributed by atoms with van der Waals surface area (Å²) in [4.78, 5) is 18.0. The predicted molar refractivity (Wildman–Crippen MR) is 46.2 cm³/mol. The van der Waals surface area contributed by atoms with Crippen LogP contribution in [0.5, 0.6) is 0 Å².